The number of halogens is 4. The molecule has 6 rings (SSSR count). The van der Waals surface area contributed by atoms with Gasteiger partial charge in [-0.05, 0) is 37.0 Å². The van der Waals surface area contributed by atoms with Crippen molar-refractivity contribution in [2.24, 2.45) is 5.92 Å². The second-order valence-corrected chi connectivity index (χ2v) is 10.4. The average Bonchev–Trinajstić information content (AvgIpc) is 3.13. The molecule has 5 N–H and O–H groups in total. The maximum Gasteiger partial charge on any atom is 0.294 e. The van der Waals surface area contributed by atoms with Crippen molar-refractivity contribution < 1.29 is 31.9 Å². The number of ketones is 1. The maximum absolute atomic E-state index is 13.9. The number of hydrogen-bond acceptors (Lipinski definition) is 6. The Kier molecular flexibility index (Phi) is 5.27. The number of nitrogens with zero attached hydrogens (tertiary/aromatic N) is 1. The molecule has 9 nitrogen and oxygen atoms in total. The van der Waals surface area contributed by atoms with Crippen LogP contribution in [-0.2, 0) is 11.3 Å². The van der Waals surface area contributed by atoms with Crippen LogP contribution in [0.25, 0.3) is 0 Å². The number of aromatic nitrogens is 1. The summed E-state index contributed by atoms with van der Waals surface area (Å²) in [6.45, 7) is 2.26. The normalized spacial score (nSPS) is 26.1. The highest BCUT2D eigenvalue weighted by atomic mass is 19.3. The Balaban J connectivity index is 1.29. The van der Waals surface area contributed by atoms with Crippen molar-refractivity contribution in [3.8, 4) is 0 Å². The molecule has 1 aromatic carbocycles. The number of benzene rings is 1. The zero-order chi connectivity index (χ0) is 26.3. The number of amides is 2. The standard InChI is InChI=1S/C24H24F4N6O3/c1-10-17(21(36)30-12-2-3-14(25)15(26)5-12)19-13-4-11(13)7-34(19)18(10)20(35)22(37)31-23(8-24(27,28)9-23)16-6-29-33-32-16/h2-3,5,11,13,16,29,32-33H,4,6-9H2,1H3,(H,30,36)(H,31,37)/t11-,13-,16?/m0/s1. The van der Waals surface area contributed by atoms with E-state index < -0.39 is 59.6 Å². The summed E-state index contributed by atoms with van der Waals surface area (Å²) in [6, 6.07) is 2.40. The molecule has 3 heterocycles. The third-order valence-electron chi connectivity index (χ3n) is 7.88. The summed E-state index contributed by atoms with van der Waals surface area (Å²) in [5.41, 5.74) is 8.06. The number of hydrazine groups is 2. The monoisotopic (exact) mass is 520 g/mol. The van der Waals surface area contributed by atoms with Gasteiger partial charge in [0.25, 0.3) is 23.5 Å². The molecule has 2 aliphatic heterocycles. The molecule has 4 aliphatic rings. The summed E-state index contributed by atoms with van der Waals surface area (Å²) in [7, 11) is 0. The lowest BCUT2D eigenvalue weighted by atomic mass is 9.68. The van der Waals surface area contributed by atoms with Crippen molar-refractivity contribution >= 4 is 23.3 Å². The highest BCUT2D eigenvalue weighted by Crippen LogP contribution is 2.56. The average molecular weight is 520 g/mol. The van der Waals surface area contributed by atoms with Gasteiger partial charge in [-0.2, -0.15) is 5.53 Å². The van der Waals surface area contributed by atoms with Crippen molar-refractivity contribution in [1.82, 2.24) is 26.3 Å². The van der Waals surface area contributed by atoms with Crippen LogP contribution in [0.15, 0.2) is 18.2 Å². The van der Waals surface area contributed by atoms with Gasteiger partial charge in [-0.25, -0.2) is 28.4 Å². The fourth-order valence-electron chi connectivity index (χ4n) is 6.07. The largest absolute Gasteiger partial charge is 0.342 e. The van der Waals surface area contributed by atoms with E-state index in [1.807, 2.05) is 0 Å². The topological polar surface area (TPSA) is 116 Å². The van der Waals surface area contributed by atoms with Crippen LogP contribution in [0.5, 0.6) is 0 Å². The molecular weight excluding hydrogens is 496 g/mol. The first kappa shape index (κ1) is 24.1. The lowest BCUT2D eigenvalue weighted by Crippen LogP contribution is -2.72. The first-order valence-corrected chi connectivity index (χ1v) is 12.0. The van der Waals surface area contributed by atoms with Crippen LogP contribution in [0.2, 0.25) is 0 Å². The van der Waals surface area contributed by atoms with Crippen molar-refractivity contribution in [2.45, 2.75) is 56.2 Å². The molecule has 1 aromatic heterocycles. The number of rotatable bonds is 6. The van der Waals surface area contributed by atoms with Gasteiger partial charge >= 0.3 is 0 Å². The number of Topliss-reactive ketones (excluding diaryl/α,β-unsaturated/α-hetero) is 1. The molecule has 3 atom stereocenters. The van der Waals surface area contributed by atoms with Crippen molar-refractivity contribution in [3.05, 3.63) is 52.3 Å². The first-order valence-electron chi connectivity index (χ1n) is 12.0. The van der Waals surface area contributed by atoms with Gasteiger partial charge in [0.15, 0.2) is 11.6 Å². The first-order chi connectivity index (χ1) is 17.5. The molecule has 3 fully saturated rings. The lowest BCUT2D eigenvalue weighted by Gasteiger charge is -2.50. The molecule has 13 heteroatoms. The van der Waals surface area contributed by atoms with E-state index in [1.54, 1.807) is 11.5 Å². The van der Waals surface area contributed by atoms with E-state index in [0.29, 0.717) is 12.2 Å². The molecule has 0 bridgehead atoms. The Morgan fingerprint density at radius 3 is 2.54 bits per heavy atom. The SMILES string of the molecule is Cc1c(C(=O)Nc2ccc(F)c(F)c2)c2n(c1C(=O)C(=O)NC1(C3CNNN3)CC(F)(F)C1)C[C@@H]1C[C@H]21. The van der Waals surface area contributed by atoms with Gasteiger partial charge < -0.3 is 15.2 Å². The van der Waals surface area contributed by atoms with Crippen LogP contribution >= 0.6 is 0 Å². The molecule has 2 aromatic rings. The Hall–Kier alpha value is -3.29. The summed E-state index contributed by atoms with van der Waals surface area (Å²) in [5.74, 6) is -7.41. The highest BCUT2D eigenvalue weighted by molar-refractivity contribution is 6.43. The number of hydrogen-bond donors (Lipinski definition) is 5. The van der Waals surface area contributed by atoms with Crippen LogP contribution in [0.3, 0.4) is 0 Å². The Morgan fingerprint density at radius 2 is 1.89 bits per heavy atom. The van der Waals surface area contributed by atoms with Gasteiger partial charge in [-0.3, -0.25) is 14.4 Å². The minimum atomic E-state index is -2.96. The molecule has 37 heavy (non-hydrogen) atoms. The van der Waals surface area contributed by atoms with Gasteiger partial charge in [0.05, 0.1) is 22.8 Å². The summed E-state index contributed by atoms with van der Waals surface area (Å²) in [4.78, 5) is 39.8. The Labute approximate surface area is 208 Å². The minimum absolute atomic E-state index is 0.0343. The van der Waals surface area contributed by atoms with Crippen LogP contribution < -0.4 is 27.0 Å². The number of carbonyl (C=O) groups is 3. The van der Waals surface area contributed by atoms with Gasteiger partial charge in [0.2, 0.25) is 0 Å². The van der Waals surface area contributed by atoms with E-state index in [0.717, 1.165) is 18.6 Å². The van der Waals surface area contributed by atoms with Crippen LogP contribution in [0.1, 0.15) is 57.3 Å². The van der Waals surface area contributed by atoms with E-state index in [2.05, 4.69) is 27.0 Å². The molecule has 2 aliphatic carbocycles. The quantitative estimate of drug-likeness (QED) is 0.226. The molecule has 1 saturated heterocycles. The van der Waals surface area contributed by atoms with Gasteiger partial charge in [-0.1, -0.05) is 0 Å². The molecule has 196 valence electrons. The molecule has 0 radical (unpaired) electrons. The smallest absolute Gasteiger partial charge is 0.294 e. The van der Waals surface area contributed by atoms with Crippen molar-refractivity contribution in [2.75, 3.05) is 11.9 Å². The van der Waals surface area contributed by atoms with Gasteiger partial charge in [0, 0.05) is 49.3 Å². The third kappa shape index (κ3) is 3.83. The van der Waals surface area contributed by atoms with Crippen molar-refractivity contribution in [3.63, 3.8) is 0 Å². The van der Waals surface area contributed by atoms with Crippen LogP contribution in [-0.4, -0.2) is 46.2 Å². The molecular formula is C24H24F4N6O3. The second-order valence-electron chi connectivity index (χ2n) is 10.4. The third-order valence-corrected chi connectivity index (χ3v) is 7.88. The highest BCUT2D eigenvalue weighted by Gasteiger charge is 2.62. The Bertz CT molecular complexity index is 1340. The Morgan fingerprint density at radius 1 is 1.14 bits per heavy atom. The number of fused-ring (bicyclic) bond motifs is 3. The minimum Gasteiger partial charge on any atom is -0.342 e. The van der Waals surface area contributed by atoms with Crippen LogP contribution in [0, 0.1) is 24.5 Å². The molecule has 2 amide bonds. The van der Waals surface area contributed by atoms with Gasteiger partial charge in [-0.15, -0.1) is 0 Å². The maximum atomic E-state index is 13.9. The van der Waals surface area contributed by atoms with E-state index in [-0.39, 0.29) is 40.9 Å². The summed E-state index contributed by atoms with van der Waals surface area (Å²) < 4.78 is 56.4. The summed E-state index contributed by atoms with van der Waals surface area (Å²) >= 11 is 0. The molecule has 1 unspecified atom stereocenters. The van der Waals surface area contributed by atoms with E-state index in [9.17, 15) is 31.9 Å². The second kappa shape index (κ2) is 8.10. The fraction of sp³-hybridized carbons (Fsp3) is 0.458. The molecule has 2 saturated carbocycles. The zero-order valence-electron chi connectivity index (χ0n) is 19.7. The van der Waals surface area contributed by atoms with E-state index >= 15 is 0 Å². The fourth-order valence-corrected chi connectivity index (χ4v) is 6.07. The number of alkyl halides is 2. The predicted molar refractivity (Wildman–Crippen MR) is 122 cm³/mol. The van der Waals surface area contributed by atoms with Gasteiger partial charge in [0.1, 0.15) is 0 Å². The summed E-state index contributed by atoms with van der Waals surface area (Å²) in [6.07, 6.45) is -0.394. The summed E-state index contributed by atoms with van der Waals surface area (Å²) in [5, 5.41) is 5.10. The number of nitrogens with one attached hydrogen (secondary N) is 5. The zero-order valence-corrected chi connectivity index (χ0v) is 19.7. The van der Waals surface area contributed by atoms with E-state index in [4.69, 9.17) is 0 Å². The number of anilines is 1. The molecule has 0 spiro atoms. The lowest BCUT2D eigenvalue weighted by molar-refractivity contribution is -0.151. The van der Waals surface area contributed by atoms with Crippen molar-refractivity contribution in [1.29, 1.82) is 0 Å². The van der Waals surface area contributed by atoms with Crippen LogP contribution in [0.4, 0.5) is 23.2 Å². The number of carbonyl (C=O) groups excluding carboxylic acids is 3. The predicted octanol–water partition coefficient (Wildman–Crippen LogP) is 1.89. The van der Waals surface area contributed by atoms with E-state index in [1.165, 1.54) is 6.07 Å².